The fourth-order valence-electron chi connectivity index (χ4n) is 0. The minimum Gasteiger partial charge on any atom is -0.680 e. The molecule has 33 valence electrons. The molecule has 0 aromatic rings. The molecule has 0 spiro atoms. The van der Waals surface area contributed by atoms with Gasteiger partial charge in [-0.3, -0.25) is 0 Å². The van der Waals surface area contributed by atoms with Gasteiger partial charge < -0.3 is 13.2 Å². The molecule has 0 aliphatic rings. The predicted molar refractivity (Wildman–Crippen MR) is 23.4 cm³/mol. The Hall–Kier alpha value is 0.544. The fraction of sp³-hybridized carbons (Fsp3) is 0.667. The Balaban J connectivity index is -0.00000000167. The fourth-order valence-corrected chi connectivity index (χ4v) is 0. The summed E-state index contributed by atoms with van der Waals surface area (Å²) in [5, 5.41) is 0. The minimum absolute atomic E-state index is 0. The van der Waals surface area contributed by atoms with E-state index in [4.69, 9.17) is 5.73 Å². The van der Waals surface area contributed by atoms with Crippen LogP contribution in [0.1, 0.15) is 7.43 Å². The largest absolute Gasteiger partial charge is 2.00 e. The van der Waals surface area contributed by atoms with Crippen molar-refractivity contribution in [3.05, 3.63) is 13.2 Å². The van der Waals surface area contributed by atoms with E-state index in [2.05, 4.69) is 0 Å². The maximum Gasteiger partial charge on any atom is 2.00 e. The minimum atomic E-state index is 0. The van der Waals surface area contributed by atoms with Crippen LogP contribution in [0, 0.1) is 7.43 Å². The molecule has 0 fully saturated rings. The molecule has 0 atom stereocenters. The van der Waals surface area contributed by atoms with E-state index in [-0.39, 0.29) is 33.4 Å². The quantitative estimate of drug-likeness (QED) is 0.426. The molecule has 0 aliphatic heterocycles. The SMILES string of the molecule is C.C[NH-].[CH3-].[V+2]. The summed E-state index contributed by atoms with van der Waals surface area (Å²) in [7, 11) is 1.25. The van der Waals surface area contributed by atoms with E-state index in [9.17, 15) is 0 Å². The summed E-state index contributed by atoms with van der Waals surface area (Å²) in [5.41, 5.74) is 5.75. The second-order valence-electron chi connectivity index (χ2n) is 0. The summed E-state index contributed by atoms with van der Waals surface area (Å²) in [5.74, 6) is 0. The Kier molecular flexibility index (Phi) is 1850. The van der Waals surface area contributed by atoms with Crippen LogP contribution < -0.4 is 0 Å². The van der Waals surface area contributed by atoms with Gasteiger partial charge in [0.15, 0.2) is 0 Å². The zero-order valence-electron chi connectivity index (χ0n) is 2.95. The summed E-state index contributed by atoms with van der Waals surface area (Å²) < 4.78 is 0. The number of rotatable bonds is 0. The number of hydrogen-bond acceptors (Lipinski definition) is 0. The van der Waals surface area contributed by atoms with Crippen LogP contribution in [-0.4, -0.2) is 7.05 Å². The van der Waals surface area contributed by atoms with Crippen molar-refractivity contribution in [3.63, 3.8) is 0 Å². The first-order valence-electron chi connectivity index (χ1n) is 0.500. The summed E-state index contributed by atoms with van der Waals surface area (Å²) in [4.78, 5) is 0. The van der Waals surface area contributed by atoms with E-state index in [1.807, 2.05) is 0 Å². The van der Waals surface area contributed by atoms with Crippen LogP contribution >= 0.6 is 0 Å². The first-order valence-corrected chi connectivity index (χ1v) is 0.500. The van der Waals surface area contributed by atoms with Crippen molar-refractivity contribution in [3.8, 4) is 0 Å². The monoisotopic (exact) mass is 112 g/mol. The Bertz CT molecular complexity index is 6.85. The van der Waals surface area contributed by atoms with E-state index in [1.165, 1.54) is 7.05 Å². The average Bonchev–Trinajstić information content (AvgIpc) is 1.00. The topological polar surface area (TPSA) is 23.8 Å². The summed E-state index contributed by atoms with van der Waals surface area (Å²) in [6.45, 7) is 0. The van der Waals surface area contributed by atoms with Gasteiger partial charge in [0.25, 0.3) is 0 Å². The van der Waals surface area contributed by atoms with Crippen LogP contribution in [0.3, 0.4) is 0 Å². The molecule has 5 heavy (non-hydrogen) atoms. The Labute approximate surface area is 46.8 Å². The molecular weight excluding hydrogens is 101 g/mol. The van der Waals surface area contributed by atoms with Gasteiger partial charge in [-0.2, -0.15) is 7.05 Å². The van der Waals surface area contributed by atoms with Gasteiger partial charge in [-0.1, -0.05) is 7.43 Å². The van der Waals surface area contributed by atoms with Crippen molar-refractivity contribution in [2.45, 2.75) is 7.43 Å². The molecule has 0 aromatic carbocycles. The van der Waals surface area contributed by atoms with Gasteiger partial charge in [-0.15, -0.1) is 0 Å². The average molecular weight is 112 g/mol. The van der Waals surface area contributed by atoms with Gasteiger partial charge in [0.1, 0.15) is 0 Å². The summed E-state index contributed by atoms with van der Waals surface area (Å²) in [6, 6.07) is 0. The zero-order chi connectivity index (χ0) is 2.00. The van der Waals surface area contributed by atoms with Crippen LogP contribution in [0.2, 0.25) is 0 Å². The molecule has 0 amide bonds. The van der Waals surface area contributed by atoms with E-state index in [0.29, 0.717) is 0 Å². The molecular formula is C3H11NV. The van der Waals surface area contributed by atoms with Crippen LogP contribution in [0.4, 0.5) is 0 Å². The van der Waals surface area contributed by atoms with Gasteiger partial charge in [-0.25, -0.2) is 0 Å². The molecule has 0 unspecified atom stereocenters. The van der Waals surface area contributed by atoms with Crippen LogP contribution in [0.15, 0.2) is 0 Å². The van der Waals surface area contributed by atoms with Crippen LogP contribution in [0.25, 0.3) is 5.73 Å². The molecule has 1 nitrogen and oxygen atoms in total. The normalized spacial score (nSPS) is 1.20. The molecule has 0 saturated heterocycles. The third-order valence-corrected chi connectivity index (χ3v) is 0. The zero-order valence-corrected chi connectivity index (χ0v) is 4.34. The Morgan fingerprint density at radius 1 is 1.20 bits per heavy atom. The van der Waals surface area contributed by atoms with Crippen molar-refractivity contribution >= 4 is 0 Å². The van der Waals surface area contributed by atoms with E-state index >= 15 is 0 Å². The second-order valence-corrected chi connectivity index (χ2v) is 0. The van der Waals surface area contributed by atoms with Gasteiger partial charge in [-0.05, 0) is 0 Å². The predicted octanol–water partition coefficient (Wildman–Crippen LogP) is 1.75. The molecule has 0 saturated carbocycles. The Morgan fingerprint density at radius 2 is 1.20 bits per heavy atom. The third kappa shape index (κ3) is 99.3. The standard InChI is InChI=1S/CH4N.CH4.CH3.V/c1-2;;;/h2H,1H3;1H4;1H3;/q-1;;-1;+2. The summed E-state index contributed by atoms with van der Waals surface area (Å²) in [6.07, 6.45) is 0. The van der Waals surface area contributed by atoms with Gasteiger partial charge >= 0.3 is 18.6 Å². The maximum absolute atomic E-state index is 5.75. The molecule has 0 bridgehead atoms. The molecule has 0 rings (SSSR count). The molecule has 0 heterocycles. The van der Waals surface area contributed by atoms with E-state index < -0.39 is 0 Å². The molecule has 0 aromatic heterocycles. The molecule has 0 aliphatic carbocycles. The van der Waals surface area contributed by atoms with E-state index in [0.717, 1.165) is 0 Å². The van der Waals surface area contributed by atoms with Crippen LogP contribution in [-0.2, 0) is 18.6 Å². The van der Waals surface area contributed by atoms with Crippen molar-refractivity contribution < 1.29 is 18.6 Å². The Morgan fingerprint density at radius 3 is 1.20 bits per heavy atom. The van der Waals surface area contributed by atoms with Gasteiger partial charge in [0, 0.05) is 0 Å². The van der Waals surface area contributed by atoms with Crippen molar-refractivity contribution in [1.82, 2.24) is 0 Å². The molecule has 1 radical (unpaired) electrons. The number of hydrogen-bond donors (Lipinski definition) is 0. The molecule has 2 heteroatoms. The smallest absolute Gasteiger partial charge is 0.680 e. The maximum atomic E-state index is 5.75. The first kappa shape index (κ1) is 48.0. The van der Waals surface area contributed by atoms with Gasteiger partial charge in [0.2, 0.25) is 0 Å². The van der Waals surface area contributed by atoms with Crippen molar-refractivity contribution in [2.75, 3.05) is 7.05 Å². The van der Waals surface area contributed by atoms with Crippen LogP contribution in [0.5, 0.6) is 0 Å². The second kappa shape index (κ2) is 193. The summed E-state index contributed by atoms with van der Waals surface area (Å²) >= 11 is 0. The molecule has 1 N–H and O–H groups in total. The first-order chi connectivity index (χ1) is 1.00. The third-order valence-electron chi connectivity index (χ3n) is 0. The number of nitrogens with one attached hydrogen (secondary N) is 1. The van der Waals surface area contributed by atoms with Gasteiger partial charge in [0.05, 0.1) is 0 Å². The van der Waals surface area contributed by atoms with Crippen molar-refractivity contribution in [1.29, 1.82) is 0 Å². The van der Waals surface area contributed by atoms with Crippen molar-refractivity contribution in [2.24, 2.45) is 0 Å². The van der Waals surface area contributed by atoms with E-state index in [1.54, 1.807) is 0 Å².